The zero-order chi connectivity index (χ0) is 13.3. The first-order valence-electron chi connectivity index (χ1n) is 6.42. The van der Waals surface area contributed by atoms with E-state index in [2.05, 4.69) is 4.90 Å². The average Bonchev–Trinajstić information content (AvgIpc) is 2.26. The number of carbonyl (C=O) groups excluding carboxylic acids is 1. The van der Waals surface area contributed by atoms with E-state index in [1.165, 1.54) is 0 Å². The molecule has 0 bridgehead atoms. The van der Waals surface area contributed by atoms with Crippen LogP contribution in [-0.2, 0) is 4.79 Å². The molecule has 6 nitrogen and oxygen atoms in total. The van der Waals surface area contributed by atoms with E-state index in [-0.39, 0.29) is 11.9 Å². The van der Waals surface area contributed by atoms with Gasteiger partial charge in [0.1, 0.15) is 0 Å². The minimum Gasteiger partial charge on any atom is -0.481 e. The van der Waals surface area contributed by atoms with Gasteiger partial charge in [-0.2, -0.15) is 0 Å². The van der Waals surface area contributed by atoms with Gasteiger partial charge in [-0.1, -0.05) is 0 Å². The highest BCUT2D eigenvalue weighted by Crippen LogP contribution is 2.21. The molecule has 2 aliphatic rings. The summed E-state index contributed by atoms with van der Waals surface area (Å²) in [5.74, 6) is -1.17. The number of nitrogens with zero attached hydrogens (tertiary/aromatic N) is 3. The molecule has 2 heterocycles. The third kappa shape index (κ3) is 2.58. The number of urea groups is 1. The summed E-state index contributed by atoms with van der Waals surface area (Å²) in [4.78, 5) is 28.5. The van der Waals surface area contributed by atoms with E-state index in [1.807, 2.05) is 19.0 Å². The summed E-state index contributed by atoms with van der Waals surface area (Å²) >= 11 is 0. The smallest absolute Gasteiger partial charge is 0.320 e. The minimum absolute atomic E-state index is 0.000880. The molecule has 1 N–H and O–H groups in total. The van der Waals surface area contributed by atoms with Crippen molar-refractivity contribution in [3.63, 3.8) is 0 Å². The number of carboxylic acids is 1. The number of hydrogen-bond acceptors (Lipinski definition) is 3. The maximum Gasteiger partial charge on any atom is 0.320 e. The van der Waals surface area contributed by atoms with Crippen molar-refractivity contribution in [3.8, 4) is 0 Å². The summed E-state index contributed by atoms with van der Waals surface area (Å²) in [6, 6.07) is 0.415. The van der Waals surface area contributed by atoms with Crippen LogP contribution in [-0.4, -0.2) is 78.1 Å². The van der Waals surface area contributed by atoms with Gasteiger partial charge >= 0.3 is 12.0 Å². The van der Waals surface area contributed by atoms with Crippen molar-refractivity contribution in [2.75, 3.05) is 40.3 Å². The van der Waals surface area contributed by atoms with E-state index >= 15 is 0 Å². The molecule has 2 saturated heterocycles. The third-order valence-electron chi connectivity index (χ3n) is 3.90. The second-order valence-electron chi connectivity index (χ2n) is 5.43. The molecule has 2 rings (SSSR count). The molecule has 0 aromatic heterocycles. The van der Waals surface area contributed by atoms with Gasteiger partial charge in [0.15, 0.2) is 0 Å². The number of likely N-dealkylation sites (N-methyl/N-ethyl adjacent to an activating group) is 1. The molecule has 0 radical (unpaired) electrons. The fraction of sp³-hybridized carbons (Fsp3) is 0.833. The Hall–Kier alpha value is -1.30. The Morgan fingerprint density at radius 2 is 1.83 bits per heavy atom. The quantitative estimate of drug-likeness (QED) is 0.763. The van der Waals surface area contributed by atoms with Gasteiger partial charge in [-0.15, -0.1) is 0 Å². The zero-order valence-electron chi connectivity index (χ0n) is 11.0. The molecule has 2 aliphatic heterocycles. The first-order valence-corrected chi connectivity index (χ1v) is 6.42. The molecule has 0 aromatic carbocycles. The Kier molecular flexibility index (Phi) is 3.75. The second kappa shape index (κ2) is 5.14. The van der Waals surface area contributed by atoms with Crippen molar-refractivity contribution in [1.29, 1.82) is 0 Å². The largest absolute Gasteiger partial charge is 0.481 e. The topological polar surface area (TPSA) is 64.1 Å². The van der Waals surface area contributed by atoms with Crippen LogP contribution in [0, 0.1) is 5.92 Å². The van der Waals surface area contributed by atoms with E-state index < -0.39 is 5.97 Å². The van der Waals surface area contributed by atoms with Crippen molar-refractivity contribution in [3.05, 3.63) is 0 Å². The highest BCUT2D eigenvalue weighted by atomic mass is 16.4. The standard InChI is InChI=1S/C12H21N3O3/c1-13(2)10-4-3-5-14(8-10)12(18)15-6-9(7-15)11(16)17/h9-10H,3-8H2,1-2H3,(H,16,17). The Morgan fingerprint density at radius 1 is 1.17 bits per heavy atom. The number of hydrogen-bond donors (Lipinski definition) is 1. The van der Waals surface area contributed by atoms with Crippen LogP contribution in [0.15, 0.2) is 0 Å². The lowest BCUT2D eigenvalue weighted by Gasteiger charge is -2.43. The van der Waals surface area contributed by atoms with Gasteiger partial charge in [0.25, 0.3) is 0 Å². The number of carbonyl (C=O) groups is 2. The lowest BCUT2D eigenvalue weighted by Crippen LogP contribution is -2.59. The fourth-order valence-electron chi connectivity index (χ4n) is 2.54. The van der Waals surface area contributed by atoms with Gasteiger partial charge in [-0.05, 0) is 26.9 Å². The Balaban J connectivity index is 1.85. The van der Waals surface area contributed by atoms with Crippen LogP contribution in [0.4, 0.5) is 4.79 Å². The molecule has 18 heavy (non-hydrogen) atoms. The Labute approximate surface area is 107 Å². The van der Waals surface area contributed by atoms with Gasteiger partial charge in [0.05, 0.1) is 5.92 Å². The maximum absolute atomic E-state index is 12.2. The molecular weight excluding hydrogens is 234 g/mol. The zero-order valence-corrected chi connectivity index (χ0v) is 11.0. The van der Waals surface area contributed by atoms with Gasteiger partial charge in [-0.3, -0.25) is 4.79 Å². The molecule has 0 aromatic rings. The van der Waals surface area contributed by atoms with E-state index in [1.54, 1.807) is 4.90 Å². The van der Waals surface area contributed by atoms with Gasteiger partial charge < -0.3 is 19.8 Å². The monoisotopic (exact) mass is 255 g/mol. The van der Waals surface area contributed by atoms with E-state index in [9.17, 15) is 9.59 Å². The van der Waals surface area contributed by atoms with Crippen molar-refractivity contribution in [1.82, 2.24) is 14.7 Å². The Bertz CT molecular complexity index is 339. The van der Waals surface area contributed by atoms with Crippen molar-refractivity contribution < 1.29 is 14.7 Å². The second-order valence-corrected chi connectivity index (χ2v) is 5.43. The predicted octanol–water partition coefficient (Wildman–Crippen LogP) is 0.149. The van der Waals surface area contributed by atoms with Crippen molar-refractivity contribution in [2.45, 2.75) is 18.9 Å². The molecule has 102 valence electrons. The summed E-state index contributed by atoms with van der Waals surface area (Å²) in [6.45, 7) is 2.26. The summed E-state index contributed by atoms with van der Waals surface area (Å²) in [5.41, 5.74) is 0. The van der Waals surface area contributed by atoms with Gasteiger partial charge in [0, 0.05) is 32.2 Å². The van der Waals surface area contributed by atoms with E-state index in [0.29, 0.717) is 19.1 Å². The maximum atomic E-state index is 12.2. The van der Waals surface area contributed by atoms with Crippen LogP contribution in [0.3, 0.4) is 0 Å². The third-order valence-corrected chi connectivity index (χ3v) is 3.90. The van der Waals surface area contributed by atoms with Crippen LogP contribution >= 0.6 is 0 Å². The summed E-state index contributed by atoms with van der Waals surface area (Å²) in [5, 5.41) is 8.80. The highest BCUT2D eigenvalue weighted by Gasteiger charge is 2.38. The number of carboxylic acid groups (broad SMARTS) is 1. The van der Waals surface area contributed by atoms with Crippen molar-refractivity contribution in [2.24, 2.45) is 5.92 Å². The number of aliphatic carboxylic acids is 1. The SMILES string of the molecule is CN(C)C1CCCN(C(=O)N2CC(C(=O)O)C2)C1. The average molecular weight is 255 g/mol. The molecule has 1 atom stereocenters. The molecule has 1 unspecified atom stereocenters. The van der Waals surface area contributed by atoms with E-state index in [4.69, 9.17) is 5.11 Å². The number of likely N-dealkylation sites (tertiary alicyclic amines) is 2. The molecule has 0 saturated carbocycles. The summed E-state index contributed by atoms with van der Waals surface area (Å²) in [7, 11) is 4.06. The van der Waals surface area contributed by atoms with Crippen molar-refractivity contribution >= 4 is 12.0 Å². The Morgan fingerprint density at radius 3 is 2.39 bits per heavy atom. The minimum atomic E-state index is -0.802. The van der Waals surface area contributed by atoms with Crippen LogP contribution in [0.1, 0.15) is 12.8 Å². The molecule has 2 amide bonds. The lowest BCUT2D eigenvalue weighted by molar-refractivity contribution is -0.146. The fourth-order valence-corrected chi connectivity index (χ4v) is 2.54. The highest BCUT2D eigenvalue weighted by molar-refractivity contribution is 5.80. The normalized spacial score (nSPS) is 25.2. The van der Waals surface area contributed by atoms with Crippen LogP contribution in [0.5, 0.6) is 0 Å². The van der Waals surface area contributed by atoms with Gasteiger partial charge in [-0.25, -0.2) is 4.79 Å². The molecule has 0 spiro atoms. The molecule has 2 fully saturated rings. The number of rotatable bonds is 2. The van der Waals surface area contributed by atoms with Gasteiger partial charge in [0.2, 0.25) is 0 Å². The number of amides is 2. The summed E-state index contributed by atoms with van der Waals surface area (Å²) in [6.07, 6.45) is 2.14. The first-order chi connectivity index (χ1) is 8.49. The van der Waals surface area contributed by atoms with Crippen LogP contribution in [0.25, 0.3) is 0 Å². The molecule has 6 heteroatoms. The summed E-state index contributed by atoms with van der Waals surface area (Å²) < 4.78 is 0. The number of piperidine rings is 1. The van der Waals surface area contributed by atoms with Crippen LogP contribution in [0.2, 0.25) is 0 Å². The molecule has 0 aliphatic carbocycles. The van der Waals surface area contributed by atoms with E-state index in [0.717, 1.165) is 25.9 Å². The van der Waals surface area contributed by atoms with Crippen LogP contribution < -0.4 is 0 Å². The molecular formula is C12H21N3O3. The lowest BCUT2D eigenvalue weighted by atomic mass is 10.0. The first kappa shape index (κ1) is 13.1. The predicted molar refractivity (Wildman–Crippen MR) is 66.4 cm³/mol.